The molecule has 1 saturated heterocycles. The van der Waals surface area contributed by atoms with Gasteiger partial charge in [-0.1, -0.05) is 17.7 Å². The van der Waals surface area contributed by atoms with Gasteiger partial charge in [0.2, 0.25) is 0 Å². The Balaban J connectivity index is 2.02. The van der Waals surface area contributed by atoms with Crippen molar-refractivity contribution in [2.75, 3.05) is 19.8 Å². The van der Waals surface area contributed by atoms with E-state index in [1.54, 1.807) is 24.8 Å². The highest BCUT2D eigenvalue weighted by Crippen LogP contribution is 2.21. The fourth-order valence-corrected chi connectivity index (χ4v) is 2.76. The molecular formula is C16H22ClFN2O3. The van der Waals surface area contributed by atoms with E-state index in [1.807, 2.05) is 0 Å². The number of morpholine rings is 1. The van der Waals surface area contributed by atoms with Crippen molar-refractivity contribution < 1.29 is 19.0 Å². The number of nitrogens with zero attached hydrogens (tertiary/aromatic N) is 1. The zero-order valence-electron chi connectivity index (χ0n) is 13.3. The number of aliphatic hydroxyl groups excluding tert-OH is 1. The molecule has 0 spiro atoms. The molecule has 1 heterocycles. The summed E-state index contributed by atoms with van der Waals surface area (Å²) >= 11 is 5.67. The number of urea groups is 1. The van der Waals surface area contributed by atoms with Gasteiger partial charge < -0.3 is 20.1 Å². The summed E-state index contributed by atoms with van der Waals surface area (Å²) in [6.45, 7) is 4.80. The molecule has 1 aromatic carbocycles. The Kier molecular flexibility index (Phi) is 6.21. The molecule has 1 aliphatic heterocycles. The summed E-state index contributed by atoms with van der Waals surface area (Å²) in [4.78, 5) is 14.1. The maximum Gasteiger partial charge on any atom is 0.318 e. The molecule has 0 unspecified atom stereocenters. The molecule has 3 atom stereocenters. The number of rotatable bonds is 4. The van der Waals surface area contributed by atoms with Crippen LogP contribution in [0.3, 0.4) is 0 Å². The monoisotopic (exact) mass is 344 g/mol. The second-order valence-corrected chi connectivity index (χ2v) is 6.26. The first-order valence-corrected chi connectivity index (χ1v) is 8.04. The van der Waals surface area contributed by atoms with Crippen molar-refractivity contribution in [2.45, 2.75) is 38.5 Å². The SMILES string of the molecule is C[C@H](O)C[C@@H]1COCCN1C(=O)N[C@H](C)c1ccc(Cl)c(F)c1. The van der Waals surface area contributed by atoms with Crippen molar-refractivity contribution in [1.82, 2.24) is 10.2 Å². The number of benzene rings is 1. The number of carbonyl (C=O) groups excluding carboxylic acids is 1. The van der Waals surface area contributed by atoms with E-state index < -0.39 is 11.9 Å². The molecule has 0 aliphatic carbocycles. The summed E-state index contributed by atoms with van der Waals surface area (Å²) in [6, 6.07) is 3.70. The van der Waals surface area contributed by atoms with Gasteiger partial charge in [-0.05, 0) is 38.0 Å². The Labute approximate surface area is 140 Å². The number of halogens is 2. The largest absolute Gasteiger partial charge is 0.393 e. The number of hydrogen-bond acceptors (Lipinski definition) is 3. The van der Waals surface area contributed by atoms with E-state index in [9.17, 15) is 14.3 Å². The summed E-state index contributed by atoms with van der Waals surface area (Å²) in [6.07, 6.45) is -0.0584. The van der Waals surface area contributed by atoms with E-state index in [0.717, 1.165) is 0 Å². The van der Waals surface area contributed by atoms with Crippen LogP contribution in [0.5, 0.6) is 0 Å². The first-order chi connectivity index (χ1) is 10.9. The molecular weight excluding hydrogens is 323 g/mol. The Morgan fingerprint density at radius 2 is 2.30 bits per heavy atom. The van der Waals surface area contributed by atoms with Crippen molar-refractivity contribution in [1.29, 1.82) is 0 Å². The molecule has 7 heteroatoms. The predicted octanol–water partition coefficient (Wildman–Crippen LogP) is 2.72. The predicted molar refractivity (Wildman–Crippen MR) is 86.0 cm³/mol. The van der Waals surface area contributed by atoms with Crippen molar-refractivity contribution in [2.24, 2.45) is 0 Å². The van der Waals surface area contributed by atoms with Crippen LogP contribution in [0.4, 0.5) is 9.18 Å². The summed E-state index contributed by atoms with van der Waals surface area (Å²) in [7, 11) is 0. The van der Waals surface area contributed by atoms with Gasteiger partial charge in [0.1, 0.15) is 5.82 Å². The van der Waals surface area contributed by atoms with Gasteiger partial charge in [-0.2, -0.15) is 0 Å². The van der Waals surface area contributed by atoms with Crippen molar-refractivity contribution in [3.05, 3.63) is 34.6 Å². The van der Waals surface area contributed by atoms with Crippen LogP contribution >= 0.6 is 11.6 Å². The molecule has 0 bridgehead atoms. The molecule has 0 aromatic heterocycles. The van der Waals surface area contributed by atoms with Crippen LogP contribution in [0, 0.1) is 5.82 Å². The third-order valence-electron chi connectivity index (χ3n) is 3.89. The second-order valence-electron chi connectivity index (χ2n) is 5.85. The lowest BCUT2D eigenvalue weighted by atomic mass is 10.1. The maximum atomic E-state index is 13.5. The fourth-order valence-electron chi connectivity index (χ4n) is 2.64. The van der Waals surface area contributed by atoms with E-state index in [1.165, 1.54) is 12.1 Å². The first kappa shape index (κ1) is 18.0. The second kappa shape index (κ2) is 7.95. The zero-order valence-corrected chi connectivity index (χ0v) is 14.0. The van der Waals surface area contributed by atoms with Crippen LogP contribution in [0.2, 0.25) is 5.02 Å². The van der Waals surface area contributed by atoms with Crippen molar-refractivity contribution in [3.63, 3.8) is 0 Å². The highest BCUT2D eigenvalue weighted by atomic mass is 35.5. The smallest absolute Gasteiger partial charge is 0.318 e. The topological polar surface area (TPSA) is 61.8 Å². The highest BCUT2D eigenvalue weighted by Gasteiger charge is 2.29. The van der Waals surface area contributed by atoms with Crippen LogP contribution in [-0.4, -0.2) is 47.9 Å². The summed E-state index contributed by atoms with van der Waals surface area (Å²) < 4.78 is 18.9. The van der Waals surface area contributed by atoms with E-state index in [0.29, 0.717) is 31.7 Å². The summed E-state index contributed by atoms with van der Waals surface area (Å²) in [5.74, 6) is -0.511. The Morgan fingerprint density at radius 1 is 1.57 bits per heavy atom. The number of ether oxygens (including phenoxy) is 1. The van der Waals surface area contributed by atoms with Gasteiger partial charge >= 0.3 is 6.03 Å². The standard InChI is InChI=1S/C16H22ClFN2O3/c1-10(21)7-13-9-23-6-5-20(13)16(22)19-11(2)12-3-4-14(17)15(18)8-12/h3-4,8,10-11,13,21H,5-7,9H2,1-2H3,(H,19,22)/t10-,11+,13+/m0/s1. The van der Waals surface area contributed by atoms with Gasteiger partial charge in [-0.25, -0.2) is 9.18 Å². The number of nitrogens with one attached hydrogen (secondary N) is 1. The molecule has 2 N–H and O–H groups in total. The number of hydrogen-bond donors (Lipinski definition) is 2. The average molecular weight is 345 g/mol. The van der Waals surface area contributed by atoms with E-state index in [4.69, 9.17) is 16.3 Å². The van der Waals surface area contributed by atoms with Crippen LogP contribution in [0.25, 0.3) is 0 Å². The van der Waals surface area contributed by atoms with Crippen molar-refractivity contribution >= 4 is 17.6 Å². The quantitative estimate of drug-likeness (QED) is 0.882. The van der Waals surface area contributed by atoms with E-state index in [-0.39, 0.29) is 23.1 Å². The average Bonchev–Trinajstić information content (AvgIpc) is 2.49. The van der Waals surface area contributed by atoms with Gasteiger partial charge in [0.05, 0.1) is 36.4 Å². The fraction of sp³-hybridized carbons (Fsp3) is 0.562. The molecule has 0 saturated carbocycles. The van der Waals surface area contributed by atoms with Gasteiger partial charge in [0.15, 0.2) is 0 Å². The zero-order chi connectivity index (χ0) is 17.0. The van der Waals surface area contributed by atoms with Gasteiger partial charge in [-0.15, -0.1) is 0 Å². The van der Waals surface area contributed by atoms with Crippen molar-refractivity contribution in [3.8, 4) is 0 Å². The minimum Gasteiger partial charge on any atom is -0.393 e. The molecule has 0 radical (unpaired) electrons. The lowest BCUT2D eigenvalue weighted by Gasteiger charge is -2.37. The van der Waals surface area contributed by atoms with Crippen LogP contribution < -0.4 is 5.32 Å². The Bertz CT molecular complexity index is 556. The maximum absolute atomic E-state index is 13.5. The number of aliphatic hydroxyl groups is 1. The molecule has 128 valence electrons. The van der Waals surface area contributed by atoms with E-state index >= 15 is 0 Å². The molecule has 1 aromatic rings. The summed E-state index contributed by atoms with van der Waals surface area (Å²) in [5, 5.41) is 12.5. The third kappa shape index (κ3) is 4.80. The van der Waals surface area contributed by atoms with Gasteiger partial charge in [-0.3, -0.25) is 0 Å². The first-order valence-electron chi connectivity index (χ1n) is 7.66. The minimum absolute atomic E-state index is 0.0532. The molecule has 5 nitrogen and oxygen atoms in total. The number of amides is 2. The third-order valence-corrected chi connectivity index (χ3v) is 4.19. The molecule has 1 aliphatic rings. The Hall–Kier alpha value is -1.37. The normalized spacial score (nSPS) is 20.9. The lowest BCUT2D eigenvalue weighted by Crippen LogP contribution is -2.53. The summed E-state index contributed by atoms with van der Waals surface area (Å²) in [5.41, 5.74) is 0.639. The molecule has 2 rings (SSSR count). The minimum atomic E-state index is -0.514. The lowest BCUT2D eigenvalue weighted by molar-refractivity contribution is -0.00474. The van der Waals surface area contributed by atoms with Crippen LogP contribution in [0.15, 0.2) is 18.2 Å². The van der Waals surface area contributed by atoms with Crippen LogP contribution in [-0.2, 0) is 4.74 Å². The number of carbonyl (C=O) groups is 1. The van der Waals surface area contributed by atoms with Gasteiger partial charge in [0, 0.05) is 6.54 Å². The highest BCUT2D eigenvalue weighted by molar-refractivity contribution is 6.30. The van der Waals surface area contributed by atoms with Gasteiger partial charge in [0.25, 0.3) is 0 Å². The van der Waals surface area contributed by atoms with Crippen LogP contribution in [0.1, 0.15) is 31.9 Å². The molecule has 2 amide bonds. The Morgan fingerprint density at radius 3 is 2.96 bits per heavy atom. The molecule has 23 heavy (non-hydrogen) atoms. The molecule has 1 fully saturated rings. The van der Waals surface area contributed by atoms with E-state index in [2.05, 4.69) is 5.32 Å².